The van der Waals surface area contributed by atoms with Gasteiger partial charge in [-0.1, -0.05) is 31.2 Å². The van der Waals surface area contributed by atoms with Gasteiger partial charge in [-0.05, 0) is 36.1 Å². The Balaban J connectivity index is 1.93. The fourth-order valence-corrected chi connectivity index (χ4v) is 2.33. The van der Waals surface area contributed by atoms with E-state index in [9.17, 15) is 4.79 Å². The summed E-state index contributed by atoms with van der Waals surface area (Å²) in [5.41, 5.74) is 2.22. The molecule has 0 aliphatic carbocycles. The van der Waals surface area contributed by atoms with Crippen LogP contribution in [0.25, 0.3) is 6.08 Å². The molecular weight excluding hydrogens is 226 g/mol. The Kier molecular flexibility index (Phi) is 4.15. The largest absolute Gasteiger partial charge is 0.478 e. The van der Waals surface area contributed by atoms with E-state index in [-0.39, 0.29) is 0 Å². The van der Waals surface area contributed by atoms with Gasteiger partial charge in [-0.25, -0.2) is 4.79 Å². The minimum Gasteiger partial charge on any atom is -0.478 e. The molecule has 0 aromatic heterocycles. The van der Waals surface area contributed by atoms with E-state index in [1.165, 1.54) is 25.1 Å². The van der Waals surface area contributed by atoms with E-state index in [0.29, 0.717) is 0 Å². The molecule has 0 spiro atoms. The molecule has 1 atom stereocenters. The van der Waals surface area contributed by atoms with Crippen LogP contribution in [0.3, 0.4) is 0 Å². The lowest BCUT2D eigenvalue weighted by atomic mass is 10.1. The van der Waals surface area contributed by atoms with E-state index < -0.39 is 5.97 Å². The van der Waals surface area contributed by atoms with Gasteiger partial charge in [0.05, 0.1) is 0 Å². The molecule has 3 heteroatoms. The highest BCUT2D eigenvalue weighted by Crippen LogP contribution is 2.18. The van der Waals surface area contributed by atoms with Crippen molar-refractivity contribution >= 4 is 12.0 Å². The van der Waals surface area contributed by atoms with Crippen molar-refractivity contribution in [1.29, 1.82) is 0 Å². The van der Waals surface area contributed by atoms with Crippen LogP contribution in [0.5, 0.6) is 0 Å². The molecule has 1 N–H and O–H groups in total. The predicted octanol–water partition coefficient (Wildman–Crippen LogP) is 2.63. The van der Waals surface area contributed by atoms with Crippen molar-refractivity contribution in [2.45, 2.75) is 19.9 Å². The average Bonchev–Trinajstić information content (AvgIpc) is 2.74. The molecule has 3 nitrogen and oxygen atoms in total. The molecule has 1 aromatic carbocycles. The lowest BCUT2D eigenvalue weighted by Crippen LogP contribution is -2.19. The first-order valence-electron chi connectivity index (χ1n) is 6.36. The number of carboxylic acid groups (broad SMARTS) is 1. The van der Waals surface area contributed by atoms with Crippen LogP contribution in [0.4, 0.5) is 0 Å². The third-order valence-corrected chi connectivity index (χ3v) is 3.31. The molecule has 2 rings (SSSR count). The zero-order chi connectivity index (χ0) is 13.0. The third-order valence-electron chi connectivity index (χ3n) is 3.31. The smallest absolute Gasteiger partial charge is 0.328 e. The highest BCUT2D eigenvalue weighted by atomic mass is 16.4. The molecule has 18 heavy (non-hydrogen) atoms. The summed E-state index contributed by atoms with van der Waals surface area (Å²) in [5, 5.41) is 8.55. The van der Waals surface area contributed by atoms with Gasteiger partial charge in [0.1, 0.15) is 0 Å². The van der Waals surface area contributed by atoms with E-state index in [1.54, 1.807) is 6.08 Å². The normalized spacial score (nSPS) is 20.6. The fourth-order valence-electron chi connectivity index (χ4n) is 2.33. The van der Waals surface area contributed by atoms with Crippen LogP contribution in [0, 0.1) is 5.92 Å². The van der Waals surface area contributed by atoms with Crippen molar-refractivity contribution in [3.63, 3.8) is 0 Å². The highest BCUT2D eigenvalue weighted by Gasteiger charge is 2.18. The first-order valence-corrected chi connectivity index (χ1v) is 6.36. The van der Waals surface area contributed by atoms with Gasteiger partial charge < -0.3 is 5.11 Å². The average molecular weight is 245 g/mol. The van der Waals surface area contributed by atoms with Crippen molar-refractivity contribution in [2.24, 2.45) is 5.92 Å². The van der Waals surface area contributed by atoms with Crippen LogP contribution in [0.2, 0.25) is 0 Å². The van der Waals surface area contributed by atoms with Gasteiger partial charge in [-0.2, -0.15) is 0 Å². The molecular formula is C15H19NO2. The van der Waals surface area contributed by atoms with Crippen LogP contribution in [0.1, 0.15) is 24.5 Å². The van der Waals surface area contributed by atoms with Crippen molar-refractivity contribution in [1.82, 2.24) is 4.90 Å². The summed E-state index contributed by atoms with van der Waals surface area (Å²) in [6.45, 7) is 5.65. The summed E-state index contributed by atoms with van der Waals surface area (Å²) in [5.74, 6) is -0.104. The number of hydrogen-bond donors (Lipinski definition) is 1. The van der Waals surface area contributed by atoms with Crippen molar-refractivity contribution < 1.29 is 9.90 Å². The predicted molar refractivity (Wildman–Crippen MR) is 72.2 cm³/mol. The van der Waals surface area contributed by atoms with Crippen LogP contribution >= 0.6 is 0 Å². The summed E-state index contributed by atoms with van der Waals surface area (Å²) in [6, 6.07) is 8.08. The molecule has 1 heterocycles. The number of aliphatic carboxylic acids is 1. The number of rotatable bonds is 4. The maximum absolute atomic E-state index is 10.4. The van der Waals surface area contributed by atoms with E-state index >= 15 is 0 Å². The minimum atomic E-state index is -0.912. The summed E-state index contributed by atoms with van der Waals surface area (Å²) in [7, 11) is 0. The number of carboxylic acids is 1. The summed E-state index contributed by atoms with van der Waals surface area (Å²) >= 11 is 0. The Hall–Kier alpha value is -1.61. The second-order valence-corrected chi connectivity index (χ2v) is 5.04. The van der Waals surface area contributed by atoms with Gasteiger partial charge in [-0.3, -0.25) is 4.90 Å². The zero-order valence-electron chi connectivity index (χ0n) is 10.7. The Morgan fingerprint density at radius 3 is 2.72 bits per heavy atom. The van der Waals surface area contributed by atoms with Crippen LogP contribution in [0.15, 0.2) is 30.3 Å². The van der Waals surface area contributed by atoms with Gasteiger partial charge in [0.2, 0.25) is 0 Å². The molecule has 0 amide bonds. The molecule has 1 fully saturated rings. The topological polar surface area (TPSA) is 40.5 Å². The lowest BCUT2D eigenvalue weighted by molar-refractivity contribution is -0.131. The Morgan fingerprint density at radius 1 is 1.44 bits per heavy atom. The van der Waals surface area contributed by atoms with Crippen LogP contribution in [-0.4, -0.2) is 29.1 Å². The van der Waals surface area contributed by atoms with E-state index in [4.69, 9.17) is 5.11 Å². The SMILES string of the molecule is CC1CCN(Cc2ccc(C=CC(=O)O)cc2)C1. The number of benzene rings is 1. The summed E-state index contributed by atoms with van der Waals surface area (Å²) in [6.07, 6.45) is 4.07. The first-order chi connectivity index (χ1) is 8.63. The monoisotopic (exact) mass is 245 g/mol. The maximum atomic E-state index is 10.4. The summed E-state index contributed by atoms with van der Waals surface area (Å²) < 4.78 is 0. The van der Waals surface area contributed by atoms with Gasteiger partial charge in [0.25, 0.3) is 0 Å². The molecule has 1 unspecified atom stereocenters. The van der Waals surface area contributed by atoms with Gasteiger partial charge in [-0.15, -0.1) is 0 Å². The molecule has 1 aliphatic heterocycles. The fraction of sp³-hybridized carbons (Fsp3) is 0.400. The van der Waals surface area contributed by atoms with Gasteiger partial charge in [0.15, 0.2) is 0 Å². The van der Waals surface area contributed by atoms with E-state index in [0.717, 1.165) is 24.1 Å². The number of carbonyl (C=O) groups is 1. The summed E-state index contributed by atoms with van der Waals surface area (Å²) in [4.78, 5) is 12.9. The second kappa shape index (κ2) is 5.83. The molecule has 0 saturated carbocycles. The second-order valence-electron chi connectivity index (χ2n) is 5.04. The molecule has 0 bridgehead atoms. The number of hydrogen-bond acceptors (Lipinski definition) is 2. The number of likely N-dealkylation sites (tertiary alicyclic amines) is 1. The maximum Gasteiger partial charge on any atom is 0.328 e. The van der Waals surface area contributed by atoms with Crippen molar-refractivity contribution in [3.8, 4) is 0 Å². The highest BCUT2D eigenvalue weighted by molar-refractivity contribution is 5.85. The minimum absolute atomic E-state index is 0.808. The third kappa shape index (κ3) is 3.70. The van der Waals surface area contributed by atoms with Crippen molar-refractivity contribution in [3.05, 3.63) is 41.5 Å². The standard InChI is InChI=1S/C15H19NO2/c1-12-8-9-16(10-12)11-14-4-2-13(3-5-14)6-7-15(17)18/h2-7,12H,8-11H2,1H3,(H,17,18). The quantitative estimate of drug-likeness (QED) is 0.829. The van der Waals surface area contributed by atoms with E-state index in [2.05, 4.69) is 24.0 Å². The Morgan fingerprint density at radius 2 is 2.17 bits per heavy atom. The number of nitrogens with zero attached hydrogens (tertiary/aromatic N) is 1. The molecule has 0 radical (unpaired) electrons. The van der Waals surface area contributed by atoms with Crippen LogP contribution in [-0.2, 0) is 11.3 Å². The van der Waals surface area contributed by atoms with Crippen molar-refractivity contribution in [2.75, 3.05) is 13.1 Å². The Bertz CT molecular complexity index is 436. The molecule has 1 aromatic rings. The zero-order valence-corrected chi connectivity index (χ0v) is 10.7. The van der Waals surface area contributed by atoms with Crippen LogP contribution < -0.4 is 0 Å². The molecule has 1 aliphatic rings. The molecule has 96 valence electrons. The lowest BCUT2D eigenvalue weighted by Gasteiger charge is -2.15. The first kappa shape index (κ1) is 12.8. The van der Waals surface area contributed by atoms with Gasteiger partial charge in [0, 0.05) is 19.2 Å². The Labute approximate surface area is 108 Å². The van der Waals surface area contributed by atoms with Gasteiger partial charge >= 0.3 is 5.97 Å². The van der Waals surface area contributed by atoms with E-state index in [1.807, 2.05) is 12.1 Å². The molecule has 1 saturated heterocycles.